The van der Waals surface area contributed by atoms with Crippen molar-refractivity contribution in [2.75, 3.05) is 11.1 Å². The number of anilines is 1. The van der Waals surface area contributed by atoms with E-state index in [4.69, 9.17) is 0 Å². The fourth-order valence-electron chi connectivity index (χ4n) is 2.38. The average Bonchev–Trinajstić information content (AvgIpc) is 2.79. The van der Waals surface area contributed by atoms with Gasteiger partial charge in [0.05, 0.1) is 6.04 Å². The van der Waals surface area contributed by atoms with Gasteiger partial charge >= 0.3 is 0 Å². The van der Waals surface area contributed by atoms with Gasteiger partial charge in [-0.2, -0.15) is 0 Å². The molecule has 1 aliphatic rings. The van der Waals surface area contributed by atoms with E-state index in [2.05, 4.69) is 61.6 Å². The van der Waals surface area contributed by atoms with Gasteiger partial charge in [0.2, 0.25) is 0 Å². The largest absolute Gasteiger partial charge is 0.377 e. The van der Waals surface area contributed by atoms with Gasteiger partial charge < -0.3 is 5.32 Å². The van der Waals surface area contributed by atoms with Crippen LogP contribution in [0.15, 0.2) is 47.4 Å². The molecule has 18 heavy (non-hydrogen) atoms. The zero-order valence-corrected chi connectivity index (χ0v) is 11.6. The van der Waals surface area contributed by atoms with Crippen molar-refractivity contribution in [2.24, 2.45) is 0 Å². The van der Waals surface area contributed by atoms with Gasteiger partial charge in [0.25, 0.3) is 0 Å². The Morgan fingerprint density at radius 3 is 2.78 bits per heavy atom. The fourth-order valence-corrected chi connectivity index (χ4v) is 3.54. The second-order valence-corrected chi connectivity index (χ2v) is 5.86. The lowest BCUT2D eigenvalue weighted by atomic mass is 10.1. The molecule has 1 N–H and O–H groups in total. The Balaban J connectivity index is 1.89. The maximum atomic E-state index is 3.69. The quantitative estimate of drug-likeness (QED) is 0.844. The standard InChI is InChI=1S/C16H17NS/c1-11-6-5-8-14(12(11)2)17-15-10-18-16-9-4-3-7-13(15)16/h3-9,15,17H,10H2,1-2H3. The Kier molecular flexibility index (Phi) is 3.04. The minimum Gasteiger partial charge on any atom is -0.377 e. The van der Waals surface area contributed by atoms with Crippen LogP contribution in [-0.2, 0) is 0 Å². The van der Waals surface area contributed by atoms with Gasteiger partial charge in [-0.3, -0.25) is 0 Å². The highest BCUT2D eigenvalue weighted by Crippen LogP contribution is 2.40. The van der Waals surface area contributed by atoms with E-state index < -0.39 is 0 Å². The van der Waals surface area contributed by atoms with Crippen LogP contribution in [0.3, 0.4) is 0 Å². The summed E-state index contributed by atoms with van der Waals surface area (Å²) in [6.07, 6.45) is 0. The van der Waals surface area contributed by atoms with Gasteiger partial charge in [0, 0.05) is 16.3 Å². The monoisotopic (exact) mass is 255 g/mol. The Morgan fingerprint density at radius 1 is 1.06 bits per heavy atom. The second kappa shape index (κ2) is 4.69. The second-order valence-electron chi connectivity index (χ2n) is 4.79. The first-order valence-electron chi connectivity index (χ1n) is 6.30. The van der Waals surface area contributed by atoms with E-state index >= 15 is 0 Å². The van der Waals surface area contributed by atoms with Crippen molar-refractivity contribution in [1.82, 2.24) is 0 Å². The number of fused-ring (bicyclic) bond motifs is 1. The third-order valence-corrected chi connectivity index (χ3v) is 4.82. The number of rotatable bonds is 2. The van der Waals surface area contributed by atoms with Gasteiger partial charge in [-0.15, -0.1) is 11.8 Å². The maximum Gasteiger partial charge on any atom is 0.0618 e. The number of benzene rings is 2. The van der Waals surface area contributed by atoms with Crippen LogP contribution in [0, 0.1) is 13.8 Å². The molecular formula is C16H17NS. The first kappa shape index (κ1) is 11.7. The van der Waals surface area contributed by atoms with Gasteiger partial charge in [0.15, 0.2) is 0 Å². The van der Waals surface area contributed by atoms with E-state index in [9.17, 15) is 0 Å². The van der Waals surface area contributed by atoms with Crippen molar-refractivity contribution < 1.29 is 0 Å². The molecule has 1 atom stereocenters. The van der Waals surface area contributed by atoms with Crippen LogP contribution in [0.5, 0.6) is 0 Å². The van der Waals surface area contributed by atoms with Crippen LogP contribution in [0.25, 0.3) is 0 Å². The van der Waals surface area contributed by atoms with Gasteiger partial charge in [-0.1, -0.05) is 30.3 Å². The third-order valence-electron chi connectivity index (χ3n) is 3.63. The number of nitrogens with one attached hydrogen (secondary N) is 1. The predicted octanol–water partition coefficient (Wildman–Crippen LogP) is 4.56. The summed E-state index contributed by atoms with van der Waals surface area (Å²) in [5.41, 5.74) is 5.39. The van der Waals surface area contributed by atoms with Crippen LogP contribution in [0.2, 0.25) is 0 Å². The molecular weight excluding hydrogens is 238 g/mol. The number of aryl methyl sites for hydroxylation is 1. The summed E-state index contributed by atoms with van der Waals surface area (Å²) in [7, 11) is 0. The Labute approximate surface area is 113 Å². The van der Waals surface area contributed by atoms with Crippen molar-refractivity contribution in [3.63, 3.8) is 0 Å². The van der Waals surface area contributed by atoms with Crippen LogP contribution in [0.1, 0.15) is 22.7 Å². The fraction of sp³-hybridized carbons (Fsp3) is 0.250. The average molecular weight is 255 g/mol. The van der Waals surface area contributed by atoms with E-state index in [1.54, 1.807) is 0 Å². The Morgan fingerprint density at radius 2 is 1.89 bits per heavy atom. The topological polar surface area (TPSA) is 12.0 Å². The van der Waals surface area contributed by atoms with Crippen molar-refractivity contribution in [3.05, 3.63) is 59.2 Å². The van der Waals surface area contributed by atoms with Crippen molar-refractivity contribution in [1.29, 1.82) is 0 Å². The van der Waals surface area contributed by atoms with Crippen molar-refractivity contribution in [3.8, 4) is 0 Å². The molecule has 0 radical (unpaired) electrons. The summed E-state index contributed by atoms with van der Waals surface area (Å²) in [6, 6.07) is 15.6. The van der Waals surface area contributed by atoms with Crippen LogP contribution in [0.4, 0.5) is 5.69 Å². The zero-order valence-electron chi connectivity index (χ0n) is 10.7. The number of thioether (sulfide) groups is 1. The molecule has 0 spiro atoms. The molecule has 0 aliphatic carbocycles. The Bertz CT molecular complexity index is 577. The molecule has 1 heterocycles. The maximum absolute atomic E-state index is 3.69. The molecule has 0 saturated carbocycles. The number of hydrogen-bond donors (Lipinski definition) is 1. The summed E-state index contributed by atoms with van der Waals surface area (Å²) < 4.78 is 0. The summed E-state index contributed by atoms with van der Waals surface area (Å²) in [5.74, 6) is 1.12. The van der Waals surface area contributed by atoms with E-state index in [0.717, 1.165) is 5.75 Å². The van der Waals surface area contributed by atoms with E-state index in [1.165, 1.54) is 27.3 Å². The molecule has 0 amide bonds. The molecule has 2 heteroatoms. The summed E-state index contributed by atoms with van der Waals surface area (Å²) in [4.78, 5) is 1.42. The van der Waals surface area contributed by atoms with Crippen LogP contribution < -0.4 is 5.32 Å². The molecule has 2 aromatic carbocycles. The van der Waals surface area contributed by atoms with E-state index in [1.807, 2.05) is 11.8 Å². The third kappa shape index (κ3) is 2.01. The normalized spacial score (nSPS) is 17.6. The molecule has 1 aliphatic heterocycles. The highest BCUT2D eigenvalue weighted by atomic mass is 32.2. The molecule has 0 aromatic heterocycles. The first-order valence-corrected chi connectivity index (χ1v) is 7.29. The molecule has 0 fully saturated rings. The molecule has 0 saturated heterocycles. The Hall–Kier alpha value is -1.41. The predicted molar refractivity (Wildman–Crippen MR) is 79.4 cm³/mol. The van der Waals surface area contributed by atoms with Crippen molar-refractivity contribution in [2.45, 2.75) is 24.8 Å². The summed E-state index contributed by atoms with van der Waals surface area (Å²) in [6.45, 7) is 4.35. The molecule has 2 aromatic rings. The molecule has 92 valence electrons. The van der Waals surface area contributed by atoms with Crippen LogP contribution in [-0.4, -0.2) is 5.75 Å². The minimum absolute atomic E-state index is 0.437. The molecule has 3 rings (SSSR count). The molecule has 1 nitrogen and oxygen atoms in total. The zero-order chi connectivity index (χ0) is 12.5. The van der Waals surface area contributed by atoms with E-state index in [-0.39, 0.29) is 0 Å². The van der Waals surface area contributed by atoms with Gasteiger partial charge in [0.1, 0.15) is 0 Å². The molecule has 0 bridgehead atoms. The van der Waals surface area contributed by atoms with Gasteiger partial charge in [-0.25, -0.2) is 0 Å². The van der Waals surface area contributed by atoms with Crippen molar-refractivity contribution >= 4 is 17.4 Å². The summed E-state index contributed by atoms with van der Waals surface area (Å²) >= 11 is 1.94. The summed E-state index contributed by atoms with van der Waals surface area (Å²) in [5, 5.41) is 3.69. The highest BCUT2D eigenvalue weighted by molar-refractivity contribution is 7.99. The lowest BCUT2D eigenvalue weighted by molar-refractivity contribution is 0.897. The SMILES string of the molecule is Cc1cccc(NC2CSc3ccccc32)c1C. The first-order chi connectivity index (χ1) is 8.75. The van der Waals surface area contributed by atoms with Gasteiger partial charge in [-0.05, 0) is 42.7 Å². The number of hydrogen-bond acceptors (Lipinski definition) is 2. The van der Waals surface area contributed by atoms with E-state index in [0.29, 0.717) is 6.04 Å². The smallest absolute Gasteiger partial charge is 0.0618 e. The lowest BCUT2D eigenvalue weighted by Gasteiger charge is -2.17. The highest BCUT2D eigenvalue weighted by Gasteiger charge is 2.22. The molecule has 1 unspecified atom stereocenters. The minimum atomic E-state index is 0.437. The van der Waals surface area contributed by atoms with Crippen LogP contribution >= 0.6 is 11.8 Å². The lowest BCUT2D eigenvalue weighted by Crippen LogP contribution is -2.10.